The zero-order chi connectivity index (χ0) is 13.9. The summed E-state index contributed by atoms with van der Waals surface area (Å²) in [7, 11) is 0. The predicted molar refractivity (Wildman–Crippen MR) is 79.6 cm³/mol. The van der Waals surface area contributed by atoms with Crippen molar-refractivity contribution in [1.29, 1.82) is 0 Å². The molecule has 2 bridgehead atoms. The Kier molecular flexibility index (Phi) is 4.01. The summed E-state index contributed by atoms with van der Waals surface area (Å²) < 4.78 is 0. The van der Waals surface area contributed by atoms with E-state index in [1.165, 1.54) is 12.8 Å². The van der Waals surface area contributed by atoms with Gasteiger partial charge in [-0.25, -0.2) is 0 Å². The molecule has 2 atom stereocenters. The highest BCUT2D eigenvalue weighted by Gasteiger charge is 2.34. The molecule has 0 radical (unpaired) electrons. The second-order valence-electron chi connectivity index (χ2n) is 6.02. The molecule has 1 aromatic rings. The highest BCUT2D eigenvalue weighted by molar-refractivity contribution is 5.93. The van der Waals surface area contributed by atoms with Gasteiger partial charge >= 0.3 is 0 Å². The summed E-state index contributed by atoms with van der Waals surface area (Å²) in [5, 5.41) is 3.64. The fourth-order valence-electron chi connectivity index (χ4n) is 3.73. The standard InChI is InChI=1S/C16H23N3O/c1-2-19(15-5-7-17-8-6-15)16(20)11-12-9-13-3-4-14(10-12)18-13/h5-8,12-14,18H,2-4,9-11H2,1H3. The van der Waals surface area contributed by atoms with Crippen molar-refractivity contribution in [2.75, 3.05) is 11.4 Å². The minimum absolute atomic E-state index is 0.255. The maximum atomic E-state index is 12.6. The second-order valence-corrected chi connectivity index (χ2v) is 6.02. The van der Waals surface area contributed by atoms with Crippen molar-refractivity contribution in [3.8, 4) is 0 Å². The summed E-state index contributed by atoms with van der Waals surface area (Å²) in [5.74, 6) is 0.808. The molecule has 0 aliphatic carbocycles. The van der Waals surface area contributed by atoms with Crippen LogP contribution in [-0.4, -0.2) is 29.5 Å². The molecule has 2 aliphatic heterocycles. The largest absolute Gasteiger partial charge is 0.313 e. The average molecular weight is 273 g/mol. The van der Waals surface area contributed by atoms with Gasteiger partial charge in [0.15, 0.2) is 0 Å². The summed E-state index contributed by atoms with van der Waals surface area (Å²) >= 11 is 0. The monoisotopic (exact) mass is 273 g/mol. The first-order valence-electron chi connectivity index (χ1n) is 7.72. The Bertz CT molecular complexity index is 450. The molecule has 1 aromatic heterocycles. The van der Waals surface area contributed by atoms with Crippen LogP contribution in [0.15, 0.2) is 24.5 Å². The lowest BCUT2D eigenvalue weighted by Gasteiger charge is -2.30. The number of amides is 1. The van der Waals surface area contributed by atoms with E-state index in [0.29, 0.717) is 24.4 Å². The molecular weight excluding hydrogens is 250 g/mol. The molecule has 3 rings (SSSR count). The topological polar surface area (TPSA) is 45.2 Å². The molecule has 1 N–H and O–H groups in total. The fraction of sp³-hybridized carbons (Fsp3) is 0.625. The molecule has 2 saturated heterocycles. The Morgan fingerprint density at radius 2 is 1.95 bits per heavy atom. The Hall–Kier alpha value is -1.42. The maximum absolute atomic E-state index is 12.6. The minimum atomic E-state index is 0.255. The number of carbonyl (C=O) groups is 1. The van der Waals surface area contributed by atoms with Crippen molar-refractivity contribution < 1.29 is 4.79 Å². The molecule has 2 unspecified atom stereocenters. The normalized spacial score (nSPS) is 28.4. The minimum Gasteiger partial charge on any atom is -0.313 e. The average Bonchev–Trinajstić information content (AvgIpc) is 2.80. The zero-order valence-electron chi connectivity index (χ0n) is 12.1. The van der Waals surface area contributed by atoms with E-state index in [9.17, 15) is 4.79 Å². The lowest BCUT2D eigenvalue weighted by molar-refractivity contribution is -0.119. The lowest BCUT2D eigenvalue weighted by atomic mass is 9.89. The van der Waals surface area contributed by atoms with Crippen molar-refractivity contribution in [1.82, 2.24) is 10.3 Å². The van der Waals surface area contributed by atoms with Crippen LogP contribution in [0.2, 0.25) is 0 Å². The number of pyridine rings is 1. The molecule has 3 heterocycles. The second kappa shape index (κ2) is 5.92. The van der Waals surface area contributed by atoms with Crippen molar-refractivity contribution in [3.63, 3.8) is 0 Å². The number of nitrogens with zero attached hydrogens (tertiary/aromatic N) is 2. The number of rotatable bonds is 4. The first kappa shape index (κ1) is 13.6. The van der Waals surface area contributed by atoms with Crippen LogP contribution in [0.1, 0.15) is 39.0 Å². The van der Waals surface area contributed by atoms with Gasteiger partial charge in [-0.05, 0) is 50.7 Å². The lowest BCUT2D eigenvalue weighted by Crippen LogP contribution is -2.40. The summed E-state index contributed by atoms with van der Waals surface area (Å²) in [6.07, 6.45) is 9.08. The van der Waals surface area contributed by atoms with Crippen LogP contribution in [0.25, 0.3) is 0 Å². The molecule has 2 fully saturated rings. The van der Waals surface area contributed by atoms with Crippen molar-refractivity contribution in [2.45, 2.75) is 51.1 Å². The van der Waals surface area contributed by atoms with Crippen LogP contribution < -0.4 is 10.2 Å². The quantitative estimate of drug-likeness (QED) is 0.916. The molecule has 2 aliphatic rings. The van der Waals surface area contributed by atoms with E-state index >= 15 is 0 Å². The van der Waals surface area contributed by atoms with Gasteiger partial charge in [0.25, 0.3) is 0 Å². The van der Waals surface area contributed by atoms with Gasteiger partial charge in [0.1, 0.15) is 0 Å². The van der Waals surface area contributed by atoms with Gasteiger partial charge in [0, 0.05) is 43.1 Å². The van der Waals surface area contributed by atoms with Crippen molar-refractivity contribution in [3.05, 3.63) is 24.5 Å². The summed E-state index contributed by atoms with van der Waals surface area (Å²) in [4.78, 5) is 18.5. The number of nitrogens with one attached hydrogen (secondary N) is 1. The first-order chi connectivity index (χ1) is 9.76. The summed E-state index contributed by atoms with van der Waals surface area (Å²) in [5.41, 5.74) is 0.962. The molecule has 0 saturated carbocycles. The van der Waals surface area contributed by atoms with Crippen LogP contribution in [0.4, 0.5) is 5.69 Å². The van der Waals surface area contributed by atoms with E-state index in [1.54, 1.807) is 12.4 Å². The van der Waals surface area contributed by atoms with Gasteiger partial charge in [-0.15, -0.1) is 0 Å². The van der Waals surface area contributed by atoms with E-state index in [1.807, 2.05) is 24.0 Å². The number of piperidine rings is 1. The number of aromatic nitrogens is 1. The Labute approximate surface area is 120 Å². The molecule has 20 heavy (non-hydrogen) atoms. The SMILES string of the molecule is CCN(C(=O)CC1CC2CCC(C1)N2)c1ccncc1. The number of hydrogen-bond donors (Lipinski definition) is 1. The van der Waals surface area contributed by atoms with Crippen LogP contribution in [0.5, 0.6) is 0 Å². The van der Waals surface area contributed by atoms with E-state index in [4.69, 9.17) is 0 Å². The van der Waals surface area contributed by atoms with Gasteiger partial charge < -0.3 is 10.2 Å². The van der Waals surface area contributed by atoms with E-state index in [-0.39, 0.29) is 5.91 Å². The van der Waals surface area contributed by atoms with Crippen LogP contribution in [-0.2, 0) is 4.79 Å². The van der Waals surface area contributed by atoms with Crippen LogP contribution >= 0.6 is 0 Å². The molecule has 0 spiro atoms. The molecule has 1 amide bonds. The number of fused-ring (bicyclic) bond motifs is 2. The highest BCUT2D eigenvalue weighted by Crippen LogP contribution is 2.33. The molecule has 108 valence electrons. The number of anilines is 1. The van der Waals surface area contributed by atoms with Crippen LogP contribution in [0.3, 0.4) is 0 Å². The van der Waals surface area contributed by atoms with Crippen molar-refractivity contribution >= 4 is 11.6 Å². The van der Waals surface area contributed by atoms with Gasteiger partial charge in [-0.3, -0.25) is 9.78 Å². The van der Waals surface area contributed by atoms with Gasteiger partial charge in [0.2, 0.25) is 5.91 Å². The maximum Gasteiger partial charge on any atom is 0.227 e. The van der Waals surface area contributed by atoms with E-state index in [2.05, 4.69) is 10.3 Å². The Morgan fingerprint density at radius 1 is 1.30 bits per heavy atom. The Balaban J connectivity index is 1.63. The summed E-state index contributed by atoms with van der Waals surface area (Å²) in [6.45, 7) is 2.76. The third kappa shape index (κ3) is 2.85. The number of carbonyl (C=O) groups excluding carboxylic acids is 1. The molecule has 4 heteroatoms. The Morgan fingerprint density at radius 3 is 2.55 bits per heavy atom. The van der Waals surface area contributed by atoms with Gasteiger partial charge in [0.05, 0.1) is 0 Å². The molecule has 0 aromatic carbocycles. The van der Waals surface area contributed by atoms with Gasteiger partial charge in [-0.2, -0.15) is 0 Å². The molecular formula is C16H23N3O. The predicted octanol–water partition coefficient (Wildman–Crippen LogP) is 2.36. The first-order valence-corrected chi connectivity index (χ1v) is 7.72. The number of hydrogen-bond acceptors (Lipinski definition) is 3. The highest BCUT2D eigenvalue weighted by atomic mass is 16.2. The third-order valence-corrected chi connectivity index (χ3v) is 4.63. The molecule has 4 nitrogen and oxygen atoms in total. The van der Waals surface area contributed by atoms with Crippen molar-refractivity contribution in [2.24, 2.45) is 5.92 Å². The van der Waals surface area contributed by atoms with E-state index < -0.39 is 0 Å². The fourth-order valence-corrected chi connectivity index (χ4v) is 3.73. The smallest absolute Gasteiger partial charge is 0.227 e. The van der Waals surface area contributed by atoms with Crippen LogP contribution in [0, 0.1) is 5.92 Å². The van der Waals surface area contributed by atoms with E-state index in [0.717, 1.165) is 25.1 Å². The zero-order valence-corrected chi connectivity index (χ0v) is 12.1. The van der Waals surface area contributed by atoms with Gasteiger partial charge in [-0.1, -0.05) is 0 Å². The summed E-state index contributed by atoms with van der Waals surface area (Å²) in [6, 6.07) is 5.13. The third-order valence-electron chi connectivity index (χ3n) is 4.63.